The highest BCUT2D eigenvalue weighted by molar-refractivity contribution is 6.27. The van der Waals surface area contributed by atoms with Gasteiger partial charge in [0.25, 0.3) is 0 Å². The van der Waals surface area contributed by atoms with Crippen LogP contribution in [0.15, 0.2) is 176 Å². The molecule has 0 fully saturated rings. The Balaban J connectivity index is 1.15. The van der Waals surface area contributed by atoms with Gasteiger partial charge in [-0.05, 0) is 147 Å². The van der Waals surface area contributed by atoms with Crippen molar-refractivity contribution >= 4 is 71.2 Å². The molecule has 0 N–H and O–H groups in total. The lowest BCUT2D eigenvalue weighted by atomic mass is 9.78. The van der Waals surface area contributed by atoms with E-state index in [1.807, 2.05) is 0 Å². The van der Waals surface area contributed by atoms with Crippen LogP contribution in [0, 0.1) is 0 Å². The molecular weight excluding hydrogens is 893 g/mol. The maximum absolute atomic E-state index is 2.57. The molecular formula is C72H74N2. The number of hydrogen-bond acceptors (Lipinski definition) is 1. The Labute approximate surface area is 441 Å². The van der Waals surface area contributed by atoms with Crippen LogP contribution < -0.4 is 4.90 Å². The smallest absolute Gasteiger partial charge is 0.0541 e. The SMILES string of the molecule is CC(C)(C)c1cc(-c2ccc(-c3cc(N(c4cc(C(C)(C)C)cc(C(C)(C)C)c4)c4ccc5ccc6c(-n7c8ccccc8c8ccccc87)ccc7ccc4c5c76)ccc3C(C)(C)C)cc2)cc(C(C)(C)C)c1. The molecule has 372 valence electrons. The zero-order valence-corrected chi connectivity index (χ0v) is 46.6. The fourth-order valence-corrected chi connectivity index (χ4v) is 11.4. The maximum atomic E-state index is 2.57. The number of para-hydroxylation sites is 2. The third kappa shape index (κ3) is 8.55. The summed E-state index contributed by atoms with van der Waals surface area (Å²) >= 11 is 0. The van der Waals surface area contributed by atoms with Crippen molar-refractivity contribution < 1.29 is 0 Å². The van der Waals surface area contributed by atoms with Crippen LogP contribution in [0.1, 0.15) is 132 Å². The molecule has 0 aliphatic carbocycles. The van der Waals surface area contributed by atoms with Crippen molar-refractivity contribution in [1.29, 1.82) is 0 Å². The molecule has 0 spiro atoms. The second-order valence-corrected chi connectivity index (χ2v) is 26.4. The molecule has 0 atom stereocenters. The number of nitrogens with zero attached hydrogens (tertiary/aromatic N) is 2. The van der Waals surface area contributed by atoms with Gasteiger partial charge in [-0.25, -0.2) is 0 Å². The van der Waals surface area contributed by atoms with E-state index in [-0.39, 0.29) is 27.1 Å². The molecule has 0 radical (unpaired) electrons. The molecule has 0 saturated carbocycles. The summed E-state index contributed by atoms with van der Waals surface area (Å²) < 4.78 is 2.48. The first kappa shape index (κ1) is 49.1. The van der Waals surface area contributed by atoms with E-state index in [0.717, 1.165) is 5.69 Å². The average Bonchev–Trinajstić information content (AvgIpc) is 3.70. The Morgan fingerprint density at radius 1 is 0.324 bits per heavy atom. The Hall–Kier alpha value is -7.16. The van der Waals surface area contributed by atoms with E-state index >= 15 is 0 Å². The Kier molecular flexibility index (Phi) is 11.4. The van der Waals surface area contributed by atoms with Gasteiger partial charge in [0.15, 0.2) is 0 Å². The van der Waals surface area contributed by atoms with Crippen LogP contribution in [-0.4, -0.2) is 4.57 Å². The lowest BCUT2D eigenvalue weighted by molar-refractivity contribution is 0.568. The molecule has 0 bridgehead atoms. The zero-order valence-electron chi connectivity index (χ0n) is 46.6. The van der Waals surface area contributed by atoms with Crippen LogP contribution in [0.25, 0.3) is 82.1 Å². The Morgan fingerprint density at radius 2 is 0.784 bits per heavy atom. The fraction of sp³-hybridized carbons (Fsp3) is 0.278. The van der Waals surface area contributed by atoms with Gasteiger partial charge in [-0.1, -0.05) is 231 Å². The van der Waals surface area contributed by atoms with Crippen LogP contribution in [-0.2, 0) is 27.1 Å². The number of rotatable bonds is 6. The topological polar surface area (TPSA) is 8.17 Å². The maximum Gasteiger partial charge on any atom is 0.0541 e. The van der Waals surface area contributed by atoms with Gasteiger partial charge in [-0.2, -0.15) is 0 Å². The molecule has 11 aromatic rings. The lowest BCUT2D eigenvalue weighted by Gasteiger charge is -2.33. The minimum absolute atomic E-state index is 0.0367. The number of fused-ring (bicyclic) bond motifs is 3. The van der Waals surface area contributed by atoms with E-state index in [0.29, 0.717) is 0 Å². The van der Waals surface area contributed by atoms with Gasteiger partial charge in [-0.3, -0.25) is 0 Å². The monoisotopic (exact) mass is 967 g/mol. The first-order chi connectivity index (χ1) is 34.8. The van der Waals surface area contributed by atoms with Crippen molar-refractivity contribution in [3.05, 3.63) is 204 Å². The normalized spacial score (nSPS) is 13.1. The molecule has 0 amide bonds. The molecule has 74 heavy (non-hydrogen) atoms. The van der Waals surface area contributed by atoms with E-state index < -0.39 is 0 Å². The van der Waals surface area contributed by atoms with Gasteiger partial charge in [-0.15, -0.1) is 0 Å². The van der Waals surface area contributed by atoms with Crippen molar-refractivity contribution in [2.75, 3.05) is 4.90 Å². The predicted octanol–water partition coefficient (Wildman–Crippen LogP) is 21.0. The standard InChI is InChI=1S/C72H74N2/c1-68(2,3)50-38-49(39-51(40-50)69(4,5)6)45-24-26-46(27-25-45)60-44-54(32-35-61(60)72(13,14)15)73(55-42-52(70(7,8)9)41-53(43-55)71(10,11)12)64-36-30-47-29-34-59-65(37-31-48-28-33-58(64)66(47)67(48)59)74-62-22-18-16-20-56(62)57-21-17-19-23-63(57)74/h16-44H,1-15H3. The summed E-state index contributed by atoms with van der Waals surface area (Å²) in [4.78, 5) is 2.57. The molecule has 11 rings (SSSR count). The van der Waals surface area contributed by atoms with Crippen LogP contribution in [0.5, 0.6) is 0 Å². The summed E-state index contributed by atoms with van der Waals surface area (Å²) in [6, 6.07) is 67.8. The summed E-state index contributed by atoms with van der Waals surface area (Å²) in [5, 5.41) is 10.1. The molecule has 0 aliphatic heterocycles. The largest absolute Gasteiger partial charge is 0.310 e. The van der Waals surface area contributed by atoms with Crippen molar-refractivity contribution in [1.82, 2.24) is 4.57 Å². The van der Waals surface area contributed by atoms with E-state index in [1.165, 1.54) is 121 Å². The molecule has 2 nitrogen and oxygen atoms in total. The first-order valence-corrected chi connectivity index (χ1v) is 26.9. The number of hydrogen-bond donors (Lipinski definition) is 0. The minimum Gasteiger partial charge on any atom is -0.310 e. The van der Waals surface area contributed by atoms with Gasteiger partial charge in [0.2, 0.25) is 0 Å². The summed E-state index contributed by atoms with van der Waals surface area (Å²) in [6.45, 7) is 35.0. The van der Waals surface area contributed by atoms with Crippen LogP contribution >= 0.6 is 0 Å². The first-order valence-electron chi connectivity index (χ1n) is 26.9. The third-order valence-electron chi connectivity index (χ3n) is 15.9. The highest BCUT2D eigenvalue weighted by Crippen LogP contribution is 2.49. The molecule has 2 heteroatoms. The van der Waals surface area contributed by atoms with E-state index in [2.05, 4.69) is 289 Å². The fourth-order valence-electron chi connectivity index (χ4n) is 11.4. The van der Waals surface area contributed by atoms with E-state index in [1.54, 1.807) is 0 Å². The highest BCUT2D eigenvalue weighted by atomic mass is 15.1. The summed E-state index contributed by atoms with van der Waals surface area (Å²) in [6.07, 6.45) is 0. The van der Waals surface area contributed by atoms with Crippen LogP contribution in [0.4, 0.5) is 17.1 Å². The summed E-state index contributed by atoms with van der Waals surface area (Å²) in [7, 11) is 0. The van der Waals surface area contributed by atoms with Gasteiger partial charge in [0.1, 0.15) is 0 Å². The highest BCUT2D eigenvalue weighted by Gasteiger charge is 2.28. The van der Waals surface area contributed by atoms with Gasteiger partial charge in [0.05, 0.1) is 22.4 Å². The third-order valence-corrected chi connectivity index (χ3v) is 15.9. The summed E-state index contributed by atoms with van der Waals surface area (Å²) in [5.41, 5.74) is 18.6. The lowest BCUT2D eigenvalue weighted by Crippen LogP contribution is -2.19. The second-order valence-electron chi connectivity index (χ2n) is 26.4. The molecule has 10 aromatic carbocycles. The van der Waals surface area contributed by atoms with Gasteiger partial charge < -0.3 is 9.47 Å². The quantitative estimate of drug-likeness (QED) is 0.151. The van der Waals surface area contributed by atoms with E-state index in [9.17, 15) is 0 Å². The average molecular weight is 967 g/mol. The van der Waals surface area contributed by atoms with Crippen molar-refractivity contribution in [3.8, 4) is 27.9 Å². The molecule has 1 heterocycles. The van der Waals surface area contributed by atoms with Crippen molar-refractivity contribution in [2.45, 2.75) is 131 Å². The van der Waals surface area contributed by atoms with E-state index in [4.69, 9.17) is 0 Å². The van der Waals surface area contributed by atoms with Crippen LogP contribution in [0.2, 0.25) is 0 Å². The molecule has 0 aliphatic rings. The Bertz CT molecular complexity index is 3840. The molecule has 1 aromatic heterocycles. The number of aromatic nitrogens is 1. The molecule has 0 unspecified atom stereocenters. The summed E-state index contributed by atoms with van der Waals surface area (Å²) in [5.74, 6) is 0. The van der Waals surface area contributed by atoms with Crippen LogP contribution in [0.3, 0.4) is 0 Å². The minimum atomic E-state index is -0.105. The Morgan fingerprint density at radius 3 is 1.31 bits per heavy atom. The van der Waals surface area contributed by atoms with Gasteiger partial charge in [0, 0.05) is 32.9 Å². The van der Waals surface area contributed by atoms with Gasteiger partial charge >= 0.3 is 0 Å². The predicted molar refractivity (Wildman–Crippen MR) is 324 cm³/mol. The molecule has 0 saturated heterocycles. The van der Waals surface area contributed by atoms with Crippen molar-refractivity contribution in [3.63, 3.8) is 0 Å². The van der Waals surface area contributed by atoms with Crippen molar-refractivity contribution in [2.24, 2.45) is 0 Å². The second kappa shape index (κ2) is 17.2. The zero-order chi connectivity index (χ0) is 52.4. The number of benzene rings is 10. The number of anilines is 3.